The summed E-state index contributed by atoms with van der Waals surface area (Å²) in [5.74, 6) is 0. The number of rotatable bonds is 3. The maximum absolute atomic E-state index is 9.38. The summed E-state index contributed by atoms with van der Waals surface area (Å²) in [5, 5.41) is 15.3. The van der Waals surface area contributed by atoms with Crippen LogP contribution in [-0.4, -0.2) is 19.5 Å². The van der Waals surface area contributed by atoms with E-state index in [4.69, 9.17) is 5.10 Å². The summed E-state index contributed by atoms with van der Waals surface area (Å²) in [6, 6.07) is 20.3. The standard InChI is InChI=1S/C19H17N3O/c1-21-12-14(13-23)11-18(21)19-16-9-5-6-10-17(16)22(20-19)15-7-3-2-4-8-15/h2-12,23H,13H2,1H3. The Hall–Kier alpha value is -2.85. The van der Waals surface area contributed by atoms with E-state index in [-0.39, 0.29) is 6.61 Å². The van der Waals surface area contributed by atoms with E-state index in [2.05, 4.69) is 12.1 Å². The number of aliphatic hydroxyl groups is 1. The van der Waals surface area contributed by atoms with Gasteiger partial charge in [0.15, 0.2) is 0 Å². The Balaban J connectivity index is 1.99. The summed E-state index contributed by atoms with van der Waals surface area (Å²) in [7, 11) is 1.98. The Kier molecular flexibility index (Phi) is 3.24. The van der Waals surface area contributed by atoms with E-state index >= 15 is 0 Å². The molecule has 23 heavy (non-hydrogen) atoms. The molecule has 4 heteroatoms. The molecular formula is C19H17N3O. The second-order valence-electron chi connectivity index (χ2n) is 5.62. The fraction of sp³-hybridized carbons (Fsp3) is 0.105. The van der Waals surface area contributed by atoms with Crippen molar-refractivity contribution in [3.63, 3.8) is 0 Å². The molecule has 2 heterocycles. The summed E-state index contributed by atoms with van der Waals surface area (Å²) in [6.07, 6.45) is 1.94. The van der Waals surface area contributed by atoms with Crippen LogP contribution in [-0.2, 0) is 13.7 Å². The Bertz CT molecular complexity index is 967. The van der Waals surface area contributed by atoms with Gasteiger partial charge in [-0.3, -0.25) is 0 Å². The molecule has 2 aromatic carbocycles. The van der Waals surface area contributed by atoms with Gasteiger partial charge in [0.2, 0.25) is 0 Å². The molecule has 4 aromatic rings. The first kappa shape index (κ1) is 13.8. The first-order chi connectivity index (χ1) is 11.3. The average Bonchev–Trinajstić information content (AvgIpc) is 3.16. The van der Waals surface area contributed by atoms with Crippen molar-refractivity contribution in [1.29, 1.82) is 0 Å². The molecular weight excluding hydrogens is 286 g/mol. The van der Waals surface area contributed by atoms with E-state index in [0.29, 0.717) is 0 Å². The Morgan fingerprint density at radius 2 is 1.74 bits per heavy atom. The highest BCUT2D eigenvalue weighted by atomic mass is 16.3. The van der Waals surface area contributed by atoms with Crippen LogP contribution in [0.3, 0.4) is 0 Å². The van der Waals surface area contributed by atoms with Crippen LogP contribution in [0.15, 0.2) is 66.9 Å². The zero-order chi connectivity index (χ0) is 15.8. The number of benzene rings is 2. The van der Waals surface area contributed by atoms with Crippen LogP contribution in [0.1, 0.15) is 5.56 Å². The molecule has 4 nitrogen and oxygen atoms in total. The largest absolute Gasteiger partial charge is 0.392 e. The van der Waals surface area contributed by atoms with E-state index in [9.17, 15) is 5.11 Å². The molecule has 0 amide bonds. The number of aryl methyl sites for hydroxylation is 1. The van der Waals surface area contributed by atoms with Crippen LogP contribution in [0.2, 0.25) is 0 Å². The van der Waals surface area contributed by atoms with Crippen LogP contribution >= 0.6 is 0 Å². The monoisotopic (exact) mass is 303 g/mol. The molecule has 0 atom stereocenters. The average molecular weight is 303 g/mol. The van der Waals surface area contributed by atoms with Gasteiger partial charge in [-0.25, -0.2) is 4.68 Å². The van der Waals surface area contributed by atoms with Crippen LogP contribution in [0.5, 0.6) is 0 Å². The number of hydrogen-bond acceptors (Lipinski definition) is 2. The second-order valence-corrected chi connectivity index (χ2v) is 5.62. The molecule has 0 saturated carbocycles. The molecule has 0 fully saturated rings. The van der Waals surface area contributed by atoms with Crippen molar-refractivity contribution in [2.24, 2.45) is 7.05 Å². The van der Waals surface area contributed by atoms with E-state index in [1.54, 1.807) is 0 Å². The Morgan fingerprint density at radius 1 is 1.00 bits per heavy atom. The maximum atomic E-state index is 9.38. The minimum absolute atomic E-state index is 0.0329. The van der Waals surface area contributed by atoms with Crippen molar-refractivity contribution in [2.45, 2.75) is 6.61 Å². The summed E-state index contributed by atoms with van der Waals surface area (Å²) in [6.45, 7) is 0.0329. The van der Waals surface area contributed by atoms with Crippen molar-refractivity contribution >= 4 is 10.9 Å². The van der Waals surface area contributed by atoms with E-state index in [1.807, 2.05) is 71.0 Å². The summed E-state index contributed by atoms with van der Waals surface area (Å²) in [5.41, 5.74) is 4.92. The quantitative estimate of drug-likeness (QED) is 0.629. The van der Waals surface area contributed by atoms with Crippen molar-refractivity contribution in [1.82, 2.24) is 14.3 Å². The lowest BCUT2D eigenvalue weighted by Crippen LogP contribution is -1.96. The lowest BCUT2D eigenvalue weighted by atomic mass is 10.1. The van der Waals surface area contributed by atoms with Crippen LogP contribution in [0.4, 0.5) is 0 Å². The number of fused-ring (bicyclic) bond motifs is 1. The van der Waals surface area contributed by atoms with Crippen molar-refractivity contribution < 1.29 is 5.11 Å². The molecule has 0 aliphatic heterocycles. The fourth-order valence-corrected chi connectivity index (χ4v) is 2.98. The maximum Gasteiger partial charge on any atom is 0.117 e. The predicted molar refractivity (Wildman–Crippen MR) is 91.4 cm³/mol. The molecule has 1 N–H and O–H groups in total. The SMILES string of the molecule is Cn1cc(CO)cc1-c1nn(-c2ccccc2)c2ccccc12. The van der Waals surface area contributed by atoms with Gasteiger partial charge in [0.25, 0.3) is 0 Å². The minimum Gasteiger partial charge on any atom is -0.392 e. The van der Waals surface area contributed by atoms with Crippen LogP contribution in [0, 0.1) is 0 Å². The third-order valence-corrected chi connectivity index (χ3v) is 4.07. The summed E-state index contributed by atoms with van der Waals surface area (Å²) >= 11 is 0. The fourth-order valence-electron chi connectivity index (χ4n) is 2.98. The first-order valence-corrected chi connectivity index (χ1v) is 7.57. The highest BCUT2D eigenvalue weighted by Crippen LogP contribution is 2.30. The first-order valence-electron chi connectivity index (χ1n) is 7.57. The molecule has 0 radical (unpaired) electrons. The molecule has 114 valence electrons. The molecule has 0 unspecified atom stereocenters. The molecule has 2 aromatic heterocycles. The summed E-state index contributed by atoms with van der Waals surface area (Å²) in [4.78, 5) is 0. The number of aliphatic hydroxyl groups excluding tert-OH is 1. The highest BCUT2D eigenvalue weighted by molar-refractivity contribution is 5.93. The van der Waals surface area contributed by atoms with E-state index in [0.717, 1.165) is 33.5 Å². The summed E-state index contributed by atoms with van der Waals surface area (Å²) < 4.78 is 3.98. The van der Waals surface area contributed by atoms with Crippen molar-refractivity contribution in [3.8, 4) is 17.1 Å². The van der Waals surface area contributed by atoms with Gasteiger partial charge in [-0.1, -0.05) is 36.4 Å². The van der Waals surface area contributed by atoms with Gasteiger partial charge in [-0.15, -0.1) is 0 Å². The molecule has 4 rings (SSSR count). The van der Waals surface area contributed by atoms with Crippen LogP contribution < -0.4 is 0 Å². The molecule has 0 saturated heterocycles. The Labute approximate surface area is 134 Å². The number of hydrogen-bond donors (Lipinski definition) is 1. The Morgan fingerprint density at radius 3 is 2.48 bits per heavy atom. The number of para-hydroxylation sites is 2. The van der Waals surface area contributed by atoms with Crippen molar-refractivity contribution in [2.75, 3.05) is 0 Å². The third kappa shape index (κ3) is 2.24. The van der Waals surface area contributed by atoms with Gasteiger partial charge in [0.05, 0.1) is 23.5 Å². The zero-order valence-corrected chi connectivity index (χ0v) is 12.8. The minimum atomic E-state index is 0.0329. The van der Waals surface area contributed by atoms with E-state index < -0.39 is 0 Å². The third-order valence-electron chi connectivity index (χ3n) is 4.07. The predicted octanol–water partition coefficient (Wildman–Crippen LogP) is 3.52. The lowest BCUT2D eigenvalue weighted by molar-refractivity contribution is 0.282. The zero-order valence-electron chi connectivity index (χ0n) is 12.8. The van der Waals surface area contributed by atoms with Crippen LogP contribution in [0.25, 0.3) is 28.0 Å². The molecule has 0 aliphatic rings. The van der Waals surface area contributed by atoms with Gasteiger partial charge in [0, 0.05) is 18.6 Å². The highest BCUT2D eigenvalue weighted by Gasteiger charge is 2.16. The van der Waals surface area contributed by atoms with Gasteiger partial charge in [-0.05, 0) is 29.8 Å². The number of nitrogens with zero attached hydrogens (tertiary/aromatic N) is 3. The van der Waals surface area contributed by atoms with Gasteiger partial charge >= 0.3 is 0 Å². The smallest absolute Gasteiger partial charge is 0.117 e. The van der Waals surface area contributed by atoms with E-state index in [1.165, 1.54) is 0 Å². The molecule has 0 spiro atoms. The van der Waals surface area contributed by atoms with Gasteiger partial charge in [0.1, 0.15) is 5.69 Å². The number of aromatic nitrogens is 3. The normalized spacial score (nSPS) is 11.2. The topological polar surface area (TPSA) is 43.0 Å². The van der Waals surface area contributed by atoms with Gasteiger partial charge < -0.3 is 9.67 Å². The lowest BCUT2D eigenvalue weighted by Gasteiger charge is -2.02. The van der Waals surface area contributed by atoms with Crippen molar-refractivity contribution in [3.05, 3.63) is 72.4 Å². The van der Waals surface area contributed by atoms with Gasteiger partial charge in [-0.2, -0.15) is 5.10 Å². The second kappa shape index (κ2) is 5.41. The molecule has 0 bridgehead atoms. The molecule has 0 aliphatic carbocycles.